The van der Waals surface area contributed by atoms with Crippen molar-refractivity contribution >= 4 is 5.91 Å². The second-order valence-corrected chi connectivity index (χ2v) is 4.04. The van der Waals surface area contributed by atoms with Crippen LogP contribution in [0.25, 0.3) is 0 Å². The summed E-state index contributed by atoms with van der Waals surface area (Å²) in [4.78, 5) is 13.0. The van der Waals surface area contributed by atoms with Crippen LogP contribution in [0.15, 0.2) is 24.3 Å². The number of carbonyl (C=O) groups excluding carboxylic acids is 1. The summed E-state index contributed by atoms with van der Waals surface area (Å²) in [5.41, 5.74) is 6.07. The summed E-state index contributed by atoms with van der Waals surface area (Å²) in [5, 5.41) is 0. The Morgan fingerprint density at radius 2 is 2.00 bits per heavy atom. The molecule has 1 aromatic rings. The van der Waals surface area contributed by atoms with Gasteiger partial charge in [-0.05, 0) is 17.7 Å². The fourth-order valence-corrected chi connectivity index (χ4v) is 1.67. The third-order valence-electron chi connectivity index (χ3n) is 2.62. The van der Waals surface area contributed by atoms with Crippen molar-refractivity contribution in [1.82, 2.24) is 4.90 Å². The van der Waals surface area contributed by atoms with Crippen LogP contribution in [0.2, 0.25) is 0 Å². The number of amides is 1. The molecule has 4 nitrogen and oxygen atoms in total. The van der Waals surface area contributed by atoms with E-state index in [2.05, 4.69) is 0 Å². The number of hydrogen-bond acceptors (Lipinski definition) is 3. The molecule has 0 unspecified atom stereocenters. The number of carbonyl (C=O) groups is 1. The van der Waals surface area contributed by atoms with E-state index in [1.165, 1.54) is 0 Å². The largest absolute Gasteiger partial charge is 0.497 e. The third-order valence-corrected chi connectivity index (χ3v) is 2.62. The summed E-state index contributed by atoms with van der Waals surface area (Å²) in [7, 11) is 1.55. The fraction of sp³-hybridized carbons (Fsp3) is 0.462. The van der Waals surface area contributed by atoms with Gasteiger partial charge in [0.15, 0.2) is 0 Å². The molecule has 0 spiro atoms. The third kappa shape index (κ3) is 5.21. The second kappa shape index (κ2) is 7.68. The molecule has 0 saturated carbocycles. The first-order chi connectivity index (χ1) is 9.06. The number of halogens is 2. The van der Waals surface area contributed by atoms with Gasteiger partial charge >= 0.3 is 0 Å². The van der Waals surface area contributed by atoms with Crippen molar-refractivity contribution in [2.75, 3.05) is 26.7 Å². The highest BCUT2D eigenvalue weighted by Crippen LogP contribution is 2.12. The Balaban J connectivity index is 2.63. The standard InChI is InChI=1S/C13H18F2N2O2/c1-19-11-4-2-10(3-5-11)8-13(18)17(7-6-16)9-12(14)15/h2-5,12H,6-9,16H2,1H3. The van der Waals surface area contributed by atoms with Gasteiger partial charge in [-0.2, -0.15) is 0 Å². The second-order valence-electron chi connectivity index (χ2n) is 4.04. The molecule has 1 amide bonds. The molecule has 2 N–H and O–H groups in total. The summed E-state index contributed by atoms with van der Waals surface area (Å²) in [6.07, 6.45) is -2.47. The zero-order valence-corrected chi connectivity index (χ0v) is 10.8. The quantitative estimate of drug-likeness (QED) is 0.813. The molecule has 1 aromatic carbocycles. The number of benzene rings is 1. The van der Waals surface area contributed by atoms with Crippen LogP contribution in [-0.4, -0.2) is 44.0 Å². The molecule has 106 valence electrons. The molecule has 0 radical (unpaired) electrons. The molecule has 0 aliphatic heterocycles. The SMILES string of the molecule is COc1ccc(CC(=O)N(CCN)CC(F)F)cc1. The number of methoxy groups -OCH3 is 1. The van der Waals surface area contributed by atoms with Crippen molar-refractivity contribution in [3.63, 3.8) is 0 Å². The number of ether oxygens (including phenoxy) is 1. The maximum Gasteiger partial charge on any atom is 0.255 e. The summed E-state index contributed by atoms with van der Waals surface area (Å²) < 4.78 is 29.7. The van der Waals surface area contributed by atoms with Crippen molar-refractivity contribution in [3.05, 3.63) is 29.8 Å². The number of nitrogens with two attached hydrogens (primary N) is 1. The van der Waals surface area contributed by atoms with Gasteiger partial charge < -0.3 is 15.4 Å². The summed E-state index contributed by atoms with van der Waals surface area (Å²) in [5.74, 6) is 0.332. The van der Waals surface area contributed by atoms with E-state index in [1.807, 2.05) is 0 Å². The van der Waals surface area contributed by atoms with Crippen LogP contribution in [-0.2, 0) is 11.2 Å². The lowest BCUT2D eigenvalue weighted by Gasteiger charge is -2.21. The van der Waals surface area contributed by atoms with E-state index in [1.54, 1.807) is 31.4 Å². The van der Waals surface area contributed by atoms with Crippen LogP contribution in [0, 0.1) is 0 Å². The van der Waals surface area contributed by atoms with Gasteiger partial charge in [0, 0.05) is 13.1 Å². The number of nitrogens with zero attached hydrogens (tertiary/aromatic N) is 1. The van der Waals surface area contributed by atoms with Gasteiger partial charge in [-0.3, -0.25) is 4.79 Å². The topological polar surface area (TPSA) is 55.6 Å². The average molecular weight is 272 g/mol. The van der Waals surface area contributed by atoms with Crippen molar-refractivity contribution in [1.29, 1.82) is 0 Å². The monoisotopic (exact) mass is 272 g/mol. The molecule has 0 aliphatic rings. The van der Waals surface area contributed by atoms with E-state index in [0.717, 1.165) is 10.5 Å². The molecule has 0 heterocycles. The Morgan fingerprint density at radius 3 is 2.47 bits per heavy atom. The lowest BCUT2D eigenvalue weighted by molar-refractivity contribution is -0.132. The van der Waals surface area contributed by atoms with Crippen LogP contribution in [0.1, 0.15) is 5.56 Å². The molecular weight excluding hydrogens is 254 g/mol. The van der Waals surface area contributed by atoms with Gasteiger partial charge in [-0.25, -0.2) is 8.78 Å². The lowest BCUT2D eigenvalue weighted by Crippen LogP contribution is -2.39. The van der Waals surface area contributed by atoms with Gasteiger partial charge in [-0.15, -0.1) is 0 Å². The minimum atomic E-state index is -2.55. The number of hydrogen-bond donors (Lipinski definition) is 1. The highest BCUT2D eigenvalue weighted by Gasteiger charge is 2.17. The zero-order chi connectivity index (χ0) is 14.3. The molecule has 0 bridgehead atoms. The van der Waals surface area contributed by atoms with Crippen LogP contribution in [0.5, 0.6) is 5.75 Å². The van der Waals surface area contributed by atoms with Crippen molar-refractivity contribution in [2.45, 2.75) is 12.8 Å². The maximum atomic E-state index is 12.4. The first-order valence-corrected chi connectivity index (χ1v) is 5.95. The predicted molar refractivity (Wildman–Crippen MR) is 68.3 cm³/mol. The smallest absolute Gasteiger partial charge is 0.255 e. The predicted octanol–water partition coefficient (Wildman–Crippen LogP) is 1.29. The lowest BCUT2D eigenvalue weighted by atomic mass is 10.1. The minimum absolute atomic E-state index is 0.0801. The van der Waals surface area contributed by atoms with Gasteiger partial charge in [0.05, 0.1) is 20.1 Å². The van der Waals surface area contributed by atoms with Gasteiger partial charge in [0.25, 0.3) is 6.43 Å². The van der Waals surface area contributed by atoms with E-state index >= 15 is 0 Å². The van der Waals surface area contributed by atoms with Crippen LogP contribution in [0.4, 0.5) is 8.78 Å². The Kier molecular flexibility index (Phi) is 6.21. The van der Waals surface area contributed by atoms with E-state index < -0.39 is 13.0 Å². The van der Waals surface area contributed by atoms with Gasteiger partial charge in [0.1, 0.15) is 5.75 Å². The summed E-state index contributed by atoms with van der Waals surface area (Å²) >= 11 is 0. The highest BCUT2D eigenvalue weighted by atomic mass is 19.3. The number of rotatable bonds is 7. The van der Waals surface area contributed by atoms with E-state index in [9.17, 15) is 13.6 Å². The first kappa shape index (κ1) is 15.4. The maximum absolute atomic E-state index is 12.4. The molecule has 0 saturated heterocycles. The minimum Gasteiger partial charge on any atom is -0.497 e. The Labute approximate surface area is 111 Å². The van der Waals surface area contributed by atoms with Crippen LogP contribution in [0.3, 0.4) is 0 Å². The van der Waals surface area contributed by atoms with Gasteiger partial charge in [0.2, 0.25) is 5.91 Å². The fourth-order valence-electron chi connectivity index (χ4n) is 1.67. The van der Waals surface area contributed by atoms with E-state index in [-0.39, 0.29) is 25.4 Å². The van der Waals surface area contributed by atoms with E-state index in [4.69, 9.17) is 10.5 Å². The zero-order valence-electron chi connectivity index (χ0n) is 10.8. The Bertz CT molecular complexity index is 396. The molecule has 19 heavy (non-hydrogen) atoms. The Morgan fingerprint density at radius 1 is 1.37 bits per heavy atom. The molecule has 0 atom stereocenters. The average Bonchev–Trinajstić information content (AvgIpc) is 2.38. The summed E-state index contributed by atoms with van der Waals surface area (Å²) in [6, 6.07) is 6.92. The van der Waals surface area contributed by atoms with Crippen molar-refractivity contribution < 1.29 is 18.3 Å². The van der Waals surface area contributed by atoms with Crippen molar-refractivity contribution in [3.8, 4) is 5.75 Å². The molecular formula is C13H18F2N2O2. The highest BCUT2D eigenvalue weighted by molar-refractivity contribution is 5.78. The summed E-state index contributed by atoms with van der Waals surface area (Å²) in [6.45, 7) is -0.271. The van der Waals surface area contributed by atoms with Crippen molar-refractivity contribution in [2.24, 2.45) is 5.73 Å². The molecule has 1 rings (SSSR count). The molecule has 6 heteroatoms. The number of alkyl halides is 2. The Hall–Kier alpha value is -1.69. The molecule has 0 aromatic heterocycles. The first-order valence-electron chi connectivity index (χ1n) is 5.95. The molecule has 0 aliphatic carbocycles. The van der Waals surface area contributed by atoms with Crippen LogP contribution < -0.4 is 10.5 Å². The normalized spacial score (nSPS) is 10.6. The van der Waals surface area contributed by atoms with Crippen LogP contribution >= 0.6 is 0 Å². The van der Waals surface area contributed by atoms with Gasteiger partial charge in [-0.1, -0.05) is 12.1 Å². The molecule has 0 fully saturated rings. The van der Waals surface area contributed by atoms with E-state index in [0.29, 0.717) is 5.75 Å².